The van der Waals surface area contributed by atoms with E-state index in [4.69, 9.17) is 0 Å². The molecule has 0 spiro atoms. The van der Waals surface area contributed by atoms with Gasteiger partial charge in [0.15, 0.2) is 0 Å². The highest BCUT2D eigenvalue weighted by Crippen LogP contribution is 2.20. The zero-order chi connectivity index (χ0) is 16.1. The van der Waals surface area contributed by atoms with Gasteiger partial charge in [-0.05, 0) is 55.0 Å². The lowest BCUT2D eigenvalue weighted by Crippen LogP contribution is -2.18. The first kappa shape index (κ1) is 16.3. The Morgan fingerprint density at radius 3 is 2.32 bits per heavy atom. The number of nitrogens with one attached hydrogen (secondary N) is 1. The lowest BCUT2D eigenvalue weighted by Gasteiger charge is -2.14. The van der Waals surface area contributed by atoms with E-state index >= 15 is 0 Å². The Bertz CT molecular complexity index is 628. The Morgan fingerprint density at radius 1 is 1.05 bits per heavy atom. The number of carbonyl (C=O) groups is 1. The molecule has 0 aromatic heterocycles. The van der Waals surface area contributed by atoms with Crippen LogP contribution in [0.5, 0.6) is 0 Å². The third-order valence-corrected chi connectivity index (χ3v) is 3.80. The van der Waals surface area contributed by atoms with Crippen LogP contribution >= 0.6 is 0 Å². The van der Waals surface area contributed by atoms with Crippen molar-refractivity contribution in [3.05, 3.63) is 65.2 Å². The SMILES string of the molecule is Cc1cccc(NC(=O)[C@@H](C)c2ccc(CC(C)C)cc2)c1. The van der Waals surface area contributed by atoms with Crippen molar-refractivity contribution in [3.63, 3.8) is 0 Å². The van der Waals surface area contributed by atoms with Crippen molar-refractivity contribution in [2.45, 2.75) is 40.0 Å². The molecule has 2 aromatic rings. The maximum atomic E-state index is 12.4. The number of carbonyl (C=O) groups excluding carboxylic acids is 1. The number of anilines is 1. The molecule has 0 aliphatic carbocycles. The third kappa shape index (κ3) is 4.45. The molecule has 0 saturated carbocycles. The molecule has 1 atom stereocenters. The molecule has 0 unspecified atom stereocenters. The third-order valence-electron chi connectivity index (χ3n) is 3.80. The van der Waals surface area contributed by atoms with Crippen LogP contribution < -0.4 is 5.32 Å². The second kappa shape index (κ2) is 7.26. The first-order chi connectivity index (χ1) is 10.5. The van der Waals surface area contributed by atoms with Crippen molar-refractivity contribution in [2.24, 2.45) is 5.92 Å². The van der Waals surface area contributed by atoms with E-state index in [1.54, 1.807) is 0 Å². The van der Waals surface area contributed by atoms with Gasteiger partial charge in [-0.3, -0.25) is 4.79 Å². The van der Waals surface area contributed by atoms with Gasteiger partial charge in [-0.15, -0.1) is 0 Å². The van der Waals surface area contributed by atoms with Crippen LogP contribution in [0.4, 0.5) is 5.69 Å². The number of benzene rings is 2. The van der Waals surface area contributed by atoms with Gasteiger partial charge < -0.3 is 5.32 Å². The highest BCUT2D eigenvalue weighted by molar-refractivity contribution is 5.95. The Kier molecular flexibility index (Phi) is 5.37. The summed E-state index contributed by atoms with van der Waals surface area (Å²) in [5, 5.41) is 2.99. The van der Waals surface area contributed by atoms with Crippen molar-refractivity contribution < 1.29 is 4.79 Å². The summed E-state index contributed by atoms with van der Waals surface area (Å²) in [5.41, 5.74) is 4.37. The monoisotopic (exact) mass is 295 g/mol. The van der Waals surface area contributed by atoms with E-state index < -0.39 is 0 Å². The Hall–Kier alpha value is -2.09. The minimum atomic E-state index is -0.159. The van der Waals surface area contributed by atoms with Gasteiger partial charge >= 0.3 is 0 Å². The van der Waals surface area contributed by atoms with Crippen LogP contribution in [0.2, 0.25) is 0 Å². The van der Waals surface area contributed by atoms with Crippen LogP contribution in [0.15, 0.2) is 48.5 Å². The van der Waals surface area contributed by atoms with Crippen LogP contribution in [0.3, 0.4) is 0 Å². The summed E-state index contributed by atoms with van der Waals surface area (Å²) in [6, 6.07) is 16.3. The first-order valence-electron chi connectivity index (χ1n) is 7.92. The van der Waals surface area contributed by atoms with Crippen LogP contribution in [-0.2, 0) is 11.2 Å². The predicted octanol–water partition coefficient (Wildman–Crippen LogP) is 4.94. The van der Waals surface area contributed by atoms with E-state index in [0.29, 0.717) is 5.92 Å². The predicted molar refractivity (Wildman–Crippen MR) is 93.2 cm³/mol. The fraction of sp³-hybridized carbons (Fsp3) is 0.350. The maximum Gasteiger partial charge on any atom is 0.231 e. The molecule has 0 heterocycles. The maximum absolute atomic E-state index is 12.4. The van der Waals surface area contributed by atoms with Gasteiger partial charge in [-0.1, -0.05) is 50.2 Å². The van der Waals surface area contributed by atoms with Crippen molar-refractivity contribution in [1.82, 2.24) is 0 Å². The van der Waals surface area contributed by atoms with Gasteiger partial charge in [-0.25, -0.2) is 0 Å². The minimum absolute atomic E-state index is 0.0298. The fourth-order valence-corrected chi connectivity index (χ4v) is 2.54. The van der Waals surface area contributed by atoms with Gasteiger partial charge in [-0.2, -0.15) is 0 Å². The average Bonchev–Trinajstić information content (AvgIpc) is 2.46. The summed E-state index contributed by atoms with van der Waals surface area (Å²) < 4.78 is 0. The van der Waals surface area contributed by atoms with Crippen molar-refractivity contribution in [3.8, 4) is 0 Å². The quantitative estimate of drug-likeness (QED) is 0.832. The molecule has 116 valence electrons. The number of amides is 1. The van der Waals surface area contributed by atoms with E-state index in [2.05, 4.69) is 43.4 Å². The molecule has 0 saturated heterocycles. The standard InChI is InChI=1S/C20H25NO/c1-14(2)12-17-8-10-18(11-9-17)16(4)20(22)21-19-7-5-6-15(3)13-19/h5-11,13-14,16H,12H2,1-4H3,(H,21,22)/t16-/m0/s1. The normalized spacial score (nSPS) is 12.2. The largest absolute Gasteiger partial charge is 0.326 e. The highest BCUT2D eigenvalue weighted by Gasteiger charge is 2.15. The second-order valence-electron chi connectivity index (χ2n) is 6.42. The molecular weight excluding hydrogens is 270 g/mol. The Balaban J connectivity index is 2.03. The van der Waals surface area contributed by atoms with Gasteiger partial charge in [0.1, 0.15) is 0 Å². The van der Waals surface area contributed by atoms with E-state index in [1.165, 1.54) is 5.56 Å². The zero-order valence-electron chi connectivity index (χ0n) is 13.9. The number of rotatable bonds is 5. The molecule has 0 aliphatic heterocycles. The van der Waals surface area contributed by atoms with E-state index in [-0.39, 0.29) is 11.8 Å². The van der Waals surface area contributed by atoms with Crippen molar-refractivity contribution >= 4 is 11.6 Å². The summed E-state index contributed by atoms with van der Waals surface area (Å²) in [5.74, 6) is 0.517. The molecule has 2 aromatic carbocycles. The van der Waals surface area contributed by atoms with Crippen molar-refractivity contribution in [1.29, 1.82) is 0 Å². The molecule has 1 amide bonds. The van der Waals surface area contributed by atoms with Crippen LogP contribution in [0, 0.1) is 12.8 Å². The van der Waals surface area contributed by atoms with E-state index in [9.17, 15) is 4.79 Å². The fourth-order valence-electron chi connectivity index (χ4n) is 2.54. The number of hydrogen-bond donors (Lipinski definition) is 1. The highest BCUT2D eigenvalue weighted by atomic mass is 16.1. The molecule has 0 radical (unpaired) electrons. The molecule has 0 fully saturated rings. The van der Waals surface area contributed by atoms with Crippen LogP contribution in [0.1, 0.15) is 43.4 Å². The summed E-state index contributed by atoms with van der Waals surface area (Å²) in [4.78, 5) is 12.4. The molecule has 2 rings (SSSR count). The Morgan fingerprint density at radius 2 is 1.73 bits per heavy atom. The topological polar surface area (TPSA) is 29.1 Å². The summed E-state index contributed by atoms with van der Waals surface area (Å²) in [6.45, 7) is 8.40. The number of aryl methyl sites for hydroxylation is 1. The van der Waals surface area contributed by atoms with Gasteiger partial charge in [0, 0.05) is 5.69 Å². The second-order valence-corrected chi connectivity index (χ2v) is 6.42. The van der Waals surface area contributed by atoms with Crippen molar-refractivity contribution in [2.75, 3.05) is 5.32 Å². The van der Waals surface area contributed by atoms with E-state index in [1.807, 2.05) is 38.1 Å². The van der Waals surface area contributed by atoms with Gasteiger partial charge in [0.05, 0.1) is 5.92 Å². The lowest BCUT2D eigenvalue weighted by molar-refractivity contribution is -0.117. The van der Waals surface area contributed by atoms with Crippen LogP contribution in [-0.4, -0.2) is 5.91 Å². The molecule has 2 heteroatoms. The molecule has 0 aliphatic rings. The van der Waals surface area contributed by atoms with E-state index in [0.717, 1.165) is 23.2 Å². The summed E-state index contributed by atoms with van der Waals surface area (Å²) >= 11 is 0. The summed E-state index contributed by atoms with van der Waals surface area (Å²) in [7, 11) is 0. The Labute approximate surface area is 133 Å². The molecule has 22 heavy (non-hydrogen) atoms. The number of hydrogen-bond acceptors (Lipinski definition) is 1. The lowest BCUT2D eigenvalue weighted by atomic mass is 9.96. The molecular formula is C20H25NO. The zero-order valence-corrected chi connectivity index (χ0v) is 13.9. The smallest absolute Gasteiger partial charge is 0.231 e. The molecule has 1 N–H and O–H groups in total. The van der Waals surface area contributed by atoms with Gasteiger partial charge in [0.25, 0.3) is 0 Å². The molecule has 0 bridgehead atoms. The average molecular weight is 295 g/mol. The first-order valence-corrected chi connectivity index (χ1v) is 7.92. The van der Waals surface area contributed by atoms with Crippen LogP contribution in [0.25, 0.3) is 0 Å². The van der Waals surface area contributed by atoms with Gasteiger partial charge in [0.2, 0.25) is 5.91 Å². The summed E-state index contributed by atoms with van der Waals surface area (Å²) in [6.07, 6.45) is 1.07. The molecule has 2 nitrogen and oxygen atoms in total. The minimum Gasteiger partial charge on any atom is -0.326 e.